The van der Waals surface area contributed by atoms with Gasteiger partial charge in [-0.2, -0.15) is 0 Å². The average molecular weight is 617 g/mol. The number of allylic oxidation sites excluding steroid dienone is 3. The Morgan fingerprint density at radius 2 is 1.75 bits per heavy atom. The lowest BCUT2D eigenvalue weighted by Gasteiger charge is -2.57. The summed E-state index contributed by atoms with van der Waals surface area (Å²) in [5.41, 5.74) is -7.60. The third kappa shape index (κ3) is 5.69. The molecule has 2 saturated carbocycles. The second-order valence-corrected chi connectivity index (χ2v) is 13.7. The fourth-order valence-electron chi connectivity index (χ4n) is 8.06. The highest BCUT2D eigenvalue weighted by molar-refractivity contribution is 6.05. The molecule has 1 heterocycles. The maximum atomic E-state index is 13.3. The van der Waals surface area contributed by atoms with E-state index < -0.39 is 76.8 Å². The molecule has 1 saturated heterocycles. The minimum Gasteiger partial charge on any atom is -0.455 e. The summed E-state index contributed by atoms with van der Waals surface area (Å²) in [6.45, 7) is 10.1. The normalized spacial score (nSPS) is 41.2. The van der Waals surface area contributed by atoms with Gasteiger partial charge in [-0.3, -0.25) is 4.79 Å². The first kappa shape index (κ1) is 34.7. The number of Topliss-reactive ketones (excluding diaryl/α,β-unsaturated/α-hetero) is 1. The molecule has 10 unspecified atom stereocenters. The van der Waals surface area contributed by atoms with Gasteiger partial charge in [0.1, 0.15) is 29.5 Å². The van der Waals surface area contributed by atoms with Crippen molar-refractivity contribution in [3.63, 3.8) is 0 Å². The highest BCUT2D eigenvalue weighted by atomic mass is 16.6. The minimum atomic E-state index is -2.48. The fourth-order valence-corrected chi connectivity index (χ4v) is 8.06. The molecule has 9 heteroatoms. The molecule has 5 N–H and O–H groups in total. The summed E-state index contributed by atoms with van der Waals surface area (Å²) < 4.78 is 11.8. The van der Waals surface area contributed by atoms with Crippen molar-refractivity contribution in [2.75, 3.05) is 6.61 Å². The SMILES string of the molecule is C=C(C)C1(O)CC(C)C2(O)C(C1OC(=O)C=CC=CCCCCCCCCCC)C1OC1(CO)C(O)C1(O)C(=O)C(C)=CC12. The molecule has 0 aromatic rings. The highest BCUT2D eigenvalue weighted by Crippen LogP contribution is 2.65. The molecule has 0 aromatic heterocycles. The number of aliphatic hydroxyl groups excluding tert-OH is 2. The number of epoxide rings is 1. The number of hydrogen-bond acceptors (Lipinski definition) is 9. The smallest absolute Gasteiger partial charge is 0.331 e. The van der Waals surface area contributed by atoms with Crippen LogP contribution in [0.25, 0.3) is 0 Å². The van der Waals surface area contributed by atoms with Gasteiger partial charge >= 0.3 is 5.97 Å². The number of esters is 1. The van der Waals surface area contributed by atoms with Crippen LogP contribution in [0.4, 0.5) is 0 Å². The van der Waals surface area contributed by atoms with Gasteiger partial charge in [0, 0.05) is 12.0 Å². The first-order chi connectivity index (χ1) is 20.8. The van der Waals surface area contributed by atoms with Crippen LogP contribution in [0.2, 0.25) is 0 Å². The molecule has 3 aliphatic carbocycles. The Balaban J connectivity index is 1.53. The molecular weight excluding hydrogens is 564 g/mol. The topological polar surface area (TPSA) is 157 Å². The van der Waals surface area contributed by atoms with Crippen LogP contribution in [0, 0.1) is 17.8 Å². The van der Waals surface area contributed by atoms with E-state index in [9.17, 15) is 35.1 Å². The number of unbranched alkanes of at least 4 members (excludes halogenated alkanes) is 8. The van der Waals surface area contributed by atoms with Crippen LogP contribution in [0.3, 0.4) is 0 Å². The second-order valence-electron chi connectivity index (χ2n) is 13.7. The van der Waals surface area contributed by atoms with E-state index in [0.29, 0.717) is 5.57 Å². The number of fused-ring (bicyclic) bond motifs is 5. The zero-order valence-corrected chi connectivity index (χ0v) is 26.7. The van der Waals surface area contributed by atoms with Crippen molar-refractivity contribution in [1.29, 1.82) is 0 Å². The van der Waals surface area contributed by atoms with Gasteiger partial charge in [0.05, 0.1) is 18.1 Å². The Kier molecular flexibility index (Phi) is 10.5. The van der Waals surface area contributed by atoms with Gasteiger partial charge in [0.15, 0.2) is 11.4 Å². The van der Waals surface area contributed by atoms with Crippen molar-refractivity contribution in [2.24, 2.45) is 17.8 Å². The molecule has 0 amide bonds. The van der Waals surface area contributed by atoms with Crippen molar-refractivity contribution in [1.82, 2.24) is 0 Å². The Labute approximate surface area is 261 Å². The number of ether oxygens (including phenoxy) is 2. The van der Waals surface area contributed by atoms with Gasteiger partial charge in [0.2, 0.25) is 0 Å². The third-order valence-electron chi connectivity index (χ3n) is 10.8. The summed E-state index contributed by atoms with van der Waals surface area (Å²) in [6.07, 6.45) is 14.2. The van der Waals surface area contributed by atoms with Gasteiger partial charge in [-0.15, -0.1) is 0 Å². The highest BCUT2D eigenvalue weighted by Gasteiger charge is 2.83. The van der Waals surface area contributed by atoms with Crippen LogP contribution in [-0.4, -0.2) is 84.6 Å². The summed E-state index contributed by atoms with van der Waals surface area (Å²) in [6, 6.07) is 0. The van der Waals surface area contributed by atoms with E-state index in [1.165, 1.54) is 57.6 Å². The number of ketones is 1. The molecule has 0 aromatic carbocycles. The van der Waals surface area contributed by atoms with E-state index >= 15 is 0 Å². The molecule has 4 rings (SSSR count). The van der Waals surface area contributed by atoms with Gasteiger partial charge in [-0.1, -0.05) is 89.7 Å². The molecule has 3 fully saturated rings. The van der Waals surface area contributed by atoms with E-state index in [2.05, 4.69) is 13.5 Å². The fraction of sp³-hybridized carbons (Fsp3) is 0.714. The standard InChI is InChI=1S/C35H52O9/c1-6-7-8-9-10-11-12-13-14-15-16-17-18-26(37)43-29-27-30-33(21-36,44-30)31(39)35(42)25(19-23(4)28(35)38)34(27,41)24(5)20-32(29,40)22(2)3/h15-19,24-25,27,29-31,36,39-42H,2,6-14,20-21H2,1,3-5H3. The summed E-state index contributed by atoms with van der Waals surface area (Å²) >= 11 is 0. The van der Waals surface area contributed by atoms with Gasteiger partial charge in [-0.25, -0.2) is 4.79 Å². The lowest BCUT2D eigenvalue weighted by atomic mass is 9.54. The van der Waals surface area contributed by atoms with E-state index in [4.69, 9.17) is 9.47 Å². The first-order valence-corrected chi connectivity index (χ1v) is 16.3. The van der Waals surface area contributed by atoms with Gasteiger partial charge in [-0.05, 0) is 50.2 Å². The lowest BCUT2D eigenvalue weighted by Crippen LogP contribution is -2.71. The maximum Gasteiger partial charge on any atom is 0.331 e. The monoisotopic (exact) mass is 616 g/mol. The van der Waals surface area contributed by atoms with Crippen LogP contribution < -0.4 is 0 Å². The molecule has 0 bridgehead atoms. The molecule has 1 aliphatic heterocycles. The van der Waals surface area contributed by atoms with Gasteiger partial charge in [0.25, 0.3) is 0 Å². The molecule has 0 spiro atoms. The van der Waals surface area contributed by atoms with Crippen LogP contribution >= 0.6 is 0 Å². The maximum absolute atomic E-state index is 13.3. The predicted molar refractivity (Wildman–Crippen MR) is 165 cm³/mol. The number of hydrogen-bond donors (Lipinski definition) is 5. The van der Waals surface area contributed by atoms with E-state index in [-0.39, 0.29) is 12.0 Å². The van der Waals surface area contributed by atoms with Crippen molar-refractivity contribution in [3.8, 4) is 0 Å². The van der Waals surface area contributed by atoms with E-state index in [1.807, 2.05) is 6.08 Å². The number of rotatable bonds is 14. The summed E-state index contributed by atoms with van der Waals surface area (Å²) in [5, 5.41) is 58.1. The van der Waals surface area contributed by atoms with Crippen LogP contribution in [-0.2, 0) is 19.1 Å². The van der Waals surface area contributed by atoms with Crippen molar-refractivity contribution in [3.05, 3.63) is 48.1 Å². The third-order valence-corrected chi connectivity index (χ3v) is 10.8. The molecule has 4 aliphatic rings. The Hall–Kier alpha value is -2.14. The molecule has 10 atom stereocenters. The number of aliphatic hydroxyl groups is 5. The largest absolute Gasteiger partial charge is 0.455 e. The molecule has 0 radical (unpaired) electrons. The predicted octanol–water partition coefficient (Wildman–Crippen LogP) is 3.62. The number of carbonyl (C=O) groups is 2. The Morgan fingerprint density at radius 1 is 1.11 bits per heavy atom. The van der Waals surface area contributed by atoms with Crippen LogP contribution in [0.5, 0.6) is 0 Å². The number of carbonyl (C=O) groups excluding carboxylic acids is 2. The summed E-state index contributed by atoms with van der Waals surface area (Å²) in [7, 11) is 0. The molecule has 246 valence electrons. The summed E-state index contributed by atoms with van der Waals surface area (Å²) in [5.74, 6) is -4.83. The molecule has 44 heavy (non-hydrogen) atoms. The quantitative estimate of drug-likeness (QED) is 0.0491. The Morgan fingerprint density at radius 3 is 2.36 bits per heavy atom. The van der Waals surface area contributed by atoms with E-state index in [0.717, 1.165) is 19.3 Å². The average Bonchev–Trinajstić information content (AvgIpc) is 3.67. The lowest BCUT2D eigenvalue weighted by molar-refractivity contribution is -0.252. The zero-order valence-electron chi connectivity index (χ0n) is 26.7. The Bertz CT molecular complexity index is 1190. The van der Waals surface area contributed by atoms with Crippen molar-refractivity contribution < 1.29 is 44.6 Å². The molecular formula is C35H52O9. The van der Waals surface area contributed by atoms with Gasteiger partial charge < -0.3 is 35.0 Å². The molecule has 9 nitrogen and oxygen atoms in total. The van der Waals surface area contributed by atoms with Crippen LogP contribution in [0.15, 0.2) is 48.1 Å². The van der Waals surface area contributed by atoms with E-state index in [1.54, 1.807) is 26.0 Å². The van der Waals surface area contributed by atoms with Crippen molar-refractivity contribution >= 4 is 11.8 Å². The first-order valence-electron chi connectivity index (χ1n) is 16.3. The second kappa shape index (κ2) is 13.3. The summed E-state index contributed by atoms with van der Waals surface area (Å²) in [4.78, 5) is 26.4. The van der Waals surface area contributed by atoms with Crippen molar-refractivity contribution in [2.45, 2.75) is 133 Å². The minimum absolute atomic E-state index is 0.0991. The van der Waals surface area contributed by atoms with Crippen LogP contribution in [0.1, 0.15) is 91.9 Å². The zero-order chi connectivity index (χ0) is 32.5.